The van der Waals surface area contributed by atoms with Crippen molar-refractivity contribution >= 4 is 34.4 Å². The first-order chi connectivity index (χ1) is 25.2. The lowest BCUT2D eigenvalue weighted by Crippen LogP contribution is -2.13. The fourth-order valence-electron chi connectivity index (χ4n) is 6.89. The molecule has 8 rings (SSSR count). The van der Waals surface area contributed by atoms with Crippen LogP contribution < -0.4 is 4.90 Å². The highest BCUT2D eigenvalue weighted by molar-refractivity contribution is 5.99. The minimum Gasteiger partial charge on any atom is -0.317 e. The monoisotopic (exact) mass is 682 g/mol. The summed E-state index contributed by atoms with van der Waals surface area (Å²) in [7, 11) is 0. The molecule has 0 saturated carbocycles. The van der Waals surface area contributed by atoms with E-state index in [9.17, 15) is 0 Å². The van der Waals surface area contributed by atoms with Crippen molar-refractivity contribution < 1.29 is 0 Å². The van der Waals surface area contributed by atoms with Gasteiger partial charge in [0.05, 0.1) is 11.2 Å². The molecule has 3 heterocycles. The summed E-state index contributed by atoms with van der Waals surface area (Å²) in [5, 5.41) is 1.26. The Bertz CT molecular complexity index is 1910. The van der Waals surface area contributed by atoms with Crippen LogP contribution in [0.3, 0.4) is 0 Å². The van der Waals surface area contributed by atoms with Crippen LogP contribution in [0.5, 0.6) is 0 Å². The van der Waals surface area contributed by atoms with Crippen molar-refractivity contribution in [3.05, 3.63) is 144 Å². The van der Waals surface area contributed by atoms with Crippen LogP contribution in [-0.4, -0.2) is 9.13 Å². The molecule has 0 saturated heterocycles. The molecule has 0 spiro atoms. The minimum atomic E-state index is 0.257. The van der Waals surface area contributed by atoms with Crippen LogP contribution in [0.2, 0.25) is 0 Å². The van der Waals surface area contributed by atoms with E-state index < -0.39 is 0 Å². The smallest absolute Gasteiger partial charge is 0.0605 e. The zero-order valence-electron chi connectivity index (χ0n) is 33.5. The number of aromatic nitrogens is 2. The summed E-state index contributed by atoms with van der Waals surface area (Å²) in [6.07, 6.45) is 22.8. The number of anilines is 2. The third-order valence-corrected chi connectivity index (χ3v) is 8.94. The number of rotatable bonds is 3. The van der Waals surface area contributed by atoms with Crippen LogP contribution in [0.15, 0.2) is 121 Å². The van der Waals surface area contributed by atoms with Crippen LogP contribution in [0.4, 0.5) is 11.4 Å². The van der Waals surface area contributed by atoms with Gasteiger partial charge in [0, 0.05) is 57.7 Å². The van der Waals surface area contributed by atoms with Crippen molar-refractivity contribution in [2.45, 2.75) is 102 Å². The first kappa shape index (κ1) is 40.7. The quantitative estimate of drug-likeness (QED) is 0.185. The largest absolute Gasteiger partial charge is 0.317 e. The van der Waals surface area contributed by atoms with Gasteiger partial charge < -0.3 is 14.0 Å². The molecule has 51 heavy (non-hydrogen) atoms. The van der Waals surface area contributed by atoms with Crippen molar-refractivity contribution in [2.24, 2.45) is 5.92 Å². The van der Waals surface area contributed by atoms with Crippen molar-refractivity contribution in [2.75, 3.05) is 4.90 Å². The molecular weight excluding hydrogens is 619 g/mol. The highest BCUT2D eigenvalue weighted by Gasteiger charge is 2.35. The molecule has 2 atom stereocenters. The van der Waals surface area contributed by atoms with Gasteiger partial charge in [-0.2, -0.15) is 0 Å². The molecule has 3 nitrogen and oxygen atoms in total. The molecule has 3 heteroatoms. The van der Waals surface area contributed by atoms with E-state index in [2.05, 4.69) is 156 Å². The van der Waals surface area contributed by atoms with Gasteiger partial charge in [0.15, 0.2) is 0 Å². The Morgan fingerprint density at radius 3 is 1.94 bits per heavy atom. The van der Waals surface area contributed by atoms with Crippen LogP contribution >= 0.6 is 0 Å². The van der Waals surface area contributed by atoms with Gasteiger partial charge in [0.25, 0.3) is 0 Å². The molecule has 0 N–H and O–H groups in total. The predicted octanol–water partition coefficient (Wildman–Crippen LogP) is 14.9. The number of benzene rings is 3. The van der Waals surface area contributed by atoms with Gasteiger partial charge in [-0.3, -0.25) is 0 Å². The molecule has 0 radical (unpaired) electrons. The molecule has 2 unspecified atom stereocenters. The second-order valence-corrected chi connectivity index (χ2v) is 11.5. The van der Waals surface area contributed by atoms with Crippen LogP contribution in [0.1, 0.15) is 118 Å². The van der Waals surface area contributed by atoms with E-state index >= 15 is 0 Å². The Kier molecular flexibility index (Phi) is 16.1. The second kappa shape index (κ2) is 20.2. The number of hydrogen-bond acceptors (Lipinski definition) is 1. The second-order valence-electron chi connectivity index (χ2n) is 11.5. The van der Waals surface area contributed by atoms with Crippen LogP contribution in [0.25, 0.3) is 34.4 Å². The summed E-state index contributed by atoms with van der Waals surface area (Å²) in [6, 6.07) is 26.7. The summed E-state index contributed by atoms with van der Waals surface area (Å²) in [5.41, 5.74) is 12.9. The molecule has 2 aromatic heterocycles. The highest BCUT2D eigenvalue weighted by atomic mass is 15.2. The number of para-hydroxylation sites is 1. The van der Waals surface area contributed by atoms with E-state index in [0.717, 1.165) is 12.8 Å². The normalized spacial score (nSPS) is 18.2. The van der Waals surface area contributed by atoms with E-state index in [1.165, 1.54) is 61.7 Å². The fourth-order valence-corrected chi connectivity index (χ4v) is 6.89. The lowest BCUT2D eigenvalue weighted by Gasteiger charge is -2.23. The van der Waals surface area contributed by atoms with Gasteiger partial charge in [-0.15, -0.1) is 0 Å². The topological polar surface area (TPSA) is 13.1 Å². The zero-order valence-corrected chi connectivity index (χ0v) is 33.5. The third kappa shape index (κ3) is 8.25. The molecule has 1 aliphatic heterocycles. The van der Waals surface area contributed by atoms with E-state index in [1.807, 2.05) is 69.2 Å². The van der Waals surface area contributed by atoms with E-state index in [4.69, 9.17) is 0 Å². The Morgan fingerprint density at radius 2 is 1.25 bits per heavy atom. The molecule has 5 aromatic rings. The standard InChI is InChI=1S/C38H33N3.5C2H6/c1-26-9-8-14-34-27(2)37-33(20-15-26)38-29(22-24-40(38)30-11-4-3-5-12-30)25-36(37)41(34)32-18-16-31(17-19-32)39-23-21-28-10-6-7-13-35(28)39;5*1-2/h3-5,7-9,11-27H,6,10H2,1-2H3;5*1-2H3/b9-8-,20-15-,34-14+;;;;;. The molecule has 2 aliphatic carbocycles. The van der Waals surface area contributed by atoms with Gasteiger partial charge >= 0.3 is 0 Å². The van der Waals surface area contributed by atoms with E-state index in [0.29, 0.717) is 5.92 Å². The molecule has 0 fully saturated rings. The number of aryl methyl sites for hydroxylation is 1. The lowest BCUT2D eigenvalue weighted by atomic mass is 9.91. The predicted molar refractivity (Wildman–Crippen MR) is 229 cm³/mol. The average molecular weight is 682 g/mol. The van der Waals surface area contributed by atoms with Crippen molar-refractivity contribution in [3.8, 4) is 11.4 Å². The van der Waals surface area contributed by atoms with Gasteiger partial charge in [-0.25, -0.2) is 0 Å². The number of fused-ring (bicyclic) bond motifs is 4. The van der Waals surface area contributed by atoms with Gasteiger partial charge in [0.2, 0.25) is 0 Å². The summed E-state index contributed by atoms with van der Waals surface area (Å²) >= 11 is 0. The Hall–Kier alpha value is -4.76. The number of hydrogen-bond donors (Lipinski definition) is 0. The molecule has 3 aromatic carbocycles. The summed E-state index contributed by atoms with van der Waals surface area (Å²) in [6.45, 7) is 24.6. The minimum absolute atomic E-state index is 0.257. The first-order valence-electron chi connectivity index (χ1n) is 19.7. The Labute approximate surface area is 310 Å². The maximum absolute atomic E-state index is 2.48. The molecule has 270 valence electrons. The van der Waals surface area contributed by atoms with Gasteiger partial charge in [-0.05, 0) is 96.6 Å². The molecule has 3 aliphatic rings. The van der Waals surface area contributed by atoms with Gasteiger partial charge in [-0.1, -0.05) is 132 Å². The van der Waals surface area contributed by atoms with Crippen molar-refractivity contribution in [1.29, 1.82) is 0 Å². The summed E-state index contributed by atoms with van der Waals surface area (Å²) in [4.78, 5) is 2.48. The third-order valence-electron chi connectivity index (χ3n) is 8.94. The lowest BCUT2D eigenvalue weighted by molar-refractivity contribution is 0.909. The summed E-state index contributed by atoms with van der Waals surface area (Å²) in [5.74, 6) is 0.604. The SMILES string of the molecule is CC.CC.CC.CC.CC.CC1/C=C\C=C2/C(C)c3c(cc4ccn(-c5ccccc5)c4c3/C=C\1)N2c1ccc(-n2ccc3c2C=CCC3)cc1. The Morgan fingerprint density at radius 1 is 0.627 bits per heavy atom. The molecule has 0 amide bonds. The van der Waals surface area contributed by atoms with E-state index in [1.54, 1.807) is 0 Å². The van der Waals surface area contributed by atoms with Crippen LogP contribution in [-0.2, 0) is 6.42 Å². The molecule has 2 bridgehead atoms. The Balaban J connectivity index is 0.000000650. The highest BCUT2D eigenvalue weighted by Crippen LogP contribution is 2.52. The van der Waals surface area contributed by atoms with Crippen LogP contribution in [0, 0.1) is 5.92 Å². The summed E-state index contributed by atoms with van der Waals surface area (Å²) < 4.78 is 4.67. The number of allylic oxidation sites excluding steroid dienone is 6. The maximum Gasteiger partial charge on any atom is 0.0605 e. The number of nitrogens with zero attached hydrogens (tertiary/aromatic N) is 3. The maximum atomic E-state index is 2.48. The zero-order chi connectivity index (χ0) is 37.5. The van der Waals surface area contributed by atoms with E-state index in [-0.39, 0.29) is 5.92 Å². The van der Waals surface area contributed by atoms with Crippen molar-refractivity contribution in [1.82, 2.24) is 9.13 Å². The average Bonchev–Trinajstić information content (AvgIpc) is 3.92. The van der Waals surface area contributed by atoms with Gasteiger partial charge in [0.1, 0.15) is 0 Å². The van der Waals surface area contributed by atoms with Crippen molar-refractivity contribution in [3.63, 3.8) is 0 Å². The molecular formula is C48H63N3. The first-order valence-corrected chi connectivity index (χ1v) is 19.7. The fraction of sp³-hybridized carbons (Fsp3) is 0.333.